The van der Waals surface area contributed by atoms with E-state index in [1.807, 2.05) is 6.92 Å². The number of aryl methyl sites for hydroxylation is 1. The van der Waals surface area contributed by atoms with Crippen molar-refractivity contribution in [2.24, 2.45) is 0 Å². The predicted molar refractivity (Wildman–Crippen MR) is 103 cm³/mol. The molecule has 0 saturated carbocycles. The number of amides is 3. The van der Waals surface area contributed by atoms with Gasteiger partial charge in [0.05, 0.1) is 36.7 Å². The van der Waals surface area contributed by atoms with Gasteiger partial charge in [0.1, 0.15) is 11.5 Å². The molecule has 7 heteroatoms. The van der Waals surface area contributed by atoms with Gasteiger partial charge in [0.15, 0.2) is 0 Å². The van der Waals surface area contributed by atoms with Crippen molar-refractivity contribution in [2.75, 3.05) is 6.54 Å². The van der Waals surface area contributed by atoms with E-state index in [4.69, 9.17) is 8.83 Å². The molecule has 0 unspecified atom stereocenters. The molecule has 0 fully saturated rings. The van der Waals surface area contributed by atoms with E-state index in [2.05, 4.69) is 0 Å². The zero-order chi connectivity index (χ0) is 20.4. The second kappa shape index (κ2) is 7.79. The molecule has 0 radical (unpaired) electrons. The summed E-state index contributed by atoms with van der Waals surface area (Å²) in [6.07, 6.45) is 3.11. The molecule has 0 spiro atoms. The fourth-order valence-electron chi connectivity index (χ4n) is 3.39. The first-order valence-corrected chi connectivity index (χ1v) is 9.32. The Balaban J connectivity index is 1.45. The van der Waals surface area contributed by atoms with Crippen molar-refractivity contribution in [3.63, 3.8) is 0 Å². The third-order valence-corrected chi connectivity index (χ3v) is 4.88. The van der Waals surface area contributed by atoms with E-state index in [-0.39, 0.29) is 43.8 Å². The van der Waals surface area contributed by atoms with Crippen LogP contribution in [0.4, 0.5) is 0 Å². The summed E-state index contributed by atoms with van der Waals surface area (Å²) in [6.45, 7) is 2.43. The lowest BCUT2D eigenvalue weighted by Crippen LogP contribution is -2.36. The zero-order valence-corrected chi connectivity index (χ0v) is 16.0. The number of hydrogen-bond donors (Lipinski definition) is 0. The average molecular weight is 392 g/mol. The van der Waals surface area contributed by atoms with Crippen LogP contribution in [0.3, 0.4) is 0 Å². The van der Waals surface area contributed by atoms with E-state index in [1.165, 1.54) is 0 Å². The van der Waals surface area contributed by atoms with Crippen molar-refractivity contribution < 1.29 is 23.2 Å². The van der Waals surface area contributed by atoms with Gasteiger partial charge < -0.3 is 13.7 Å². The molecule has 3 amide bonds. The normalized spacial score (nSPS) is 13.1. The first-order chi connectivity index (χ1) is 14.0. The lowest BCUT2D eigenvalue weighted by molar-refractivity contribution is -0.133. The molecule has 0 bridgehead atoms. The highest BCUT2D eigenvalue weighted by atomic mass is 16.3. The largest absolute Gasteiger partial charge is 0.467 e. The molecule has 1 aliphatic heterocycles. The fraction of sp³-hybridized carbons (Fsp3) is 0.227. The van der Waals surface area contributed by atoms with E-state index in [1.54, 1.807) is 59.9 Å². The third-order valence-electron chi connectivity index (χ3n) is 4.88. The van der Waals surface area contributed by atoms with Crippen LogP contribution in [0.5, 0.6) is 0 Å². The van der Waals surface area contributed by atoms with Crippen LogP contribution in [0, 0.1) is 6.92 Å². The molecule has 148 valence electrons. The van der Waals surface area contributed by atoms with Crippen molar-refractivity contribution in [1.29, 1.82) is 0 Å². The Morgan fingerprint density at radius 3 is 2.14 bits per heavy atom. The summed E-state index contributed by atoms with van der Waals surface area (Å²) in [7, 11) is 0. The molecule has 0 aliphatic carbocycles. The Labute approximate surface area is 167 Å². The highest BCUT2D eigenvalue weighted by Gasteiger charge is 2.35. The van der Waals surface area contributed by atoms with Crippen molar-refractivity contribution in [2.45, 2.75) is 26.4 Å². The molecule has 0 saturated heterocycles. The molecule has 2 aromatic heterocycles. The molecule has 3 heterocycles. The van der Waals surface area contributed by atoms with Crippen LogP contribution >= 0.6 is 0 Å². The van der Waals surface area contributed by atoms with Gasteiger partial charge in [0, 0.05) is 13.0 Å². The van der Waals surface area contributed by atoms with Crippen molar-refractivity contribution in [3.05, 3.63) is 83.2 Å². The molecule has 0 atom stereocenters. The minimum absolute atomic E-state index is 0.0197. The van der Waals surface area contributed by atoms with Crippen molar-refractivity contribution >= 4 is 17.7 Å². The van der Waals surface area contributed by atoms with Gasteiger partial charge in [0.25, 0.3) is 11.8 Å². The molecule has 0 N–H and O–H groups in total. The minimum Gasteiger partial charge on any atom is -0.467 e. The number of nitrogens with zero attached hydrogens (tertiary/aromatic N) is 2. The molecule has 3 aromatic rings. The first kappa shape index (κ1) is 18.7. The van der Waals surface area contributed by atoms with Crippen LogP contribution < -0.4 is 0 Å². The molecule has 29 heavy (non-hydrogen) atoms. The Kier molecular flexibility index (Phi) is 5.03. The van der Waals surface area contributed by atoms with E-state index in [9.17, 15) is 14.4 Å². The number of rotatable bonds is 7. The number of benzene rings is 1. The maximum absolute atomic E-state index is 12.9. The van der Waals surface area contributed by atoms with Gasteiger partial charge >= 0.3 is 0 Å². The van der Waals surface area contributed by atoms with Gasteiger partial charge in [-0.05, 0) is 43.3 Å². The quantitative estimate of drug-likeness (QED) is 0.576. The summed E-state index contributed by atoms with van der Waals surface area (Å²) in [5, 5.41) is 0. The number of hydrogen-bond acceptors (Lipinski definition) is 5. The summed E-state index contributed by atoms with van der Waals surface area (Å²) in [5.41, 5.74) is 1.69. The average Bonchev–Trinajstić information content (AvgIpc) is 3.44. The lowest BCUT2D eigenvalue weighted by Gasteiger charge is -2.22. The SMILES string of the molecule is Cc1ccc2c(c1)C(=O)N(CCC(=O)N(Cc1ccco1)Cc1ccco1)C2=O. The Hall–Kier alpha value is -3.61. The monoisotopic (exact) mass is 392 g/mol. The van der Waals surface area contributed by atoms with E-state index < -0.39 is 0 Å². The summed E-state index contributed by atoms with van der Waals surface area (Å²) in [5.74, 6) is 0.360. The van der Waals surface area contributed by atoms with Crippen LogP contribution in [0.2, 0.25) is 0 Å². The van der Waals surface area contributed by atoms with Gasteiger partial charge in [0.2, 0.25) is 5.91 Å². The standard InChI is InChI=1S/C22H20N2O5/c1-15-6-7-18-19(12-15)22(27)24(21(18)26)9-8-20(25)23(13-16-4-2-10-28-16)14-17-5-3-11-29-17/h2-7,10-12H,8-9,13-14H2,1H3. The van der Waals surface area contributed by atoms with Gasteiger partial charge in [-0.1, -0.05) is 11.6 Å². The van der Waals surface area contributed by atoms with Crippen molar-refractivity contribution in [3.8, 4) is 0 Å². The summed E-state index contributed by atoms with van der Waals surface area (Å²) in [6, 6.07) is 12.2. The van der Waals surface area contributed by atoms with Crippen LogP contribution in [0.15, 0.2) is 63.8 Å². The van der Waals surface area contributed by atoms with Gasteiger partial charge in [-0.3, -0.25) is 19.3 Å². The number of fused-ring (bicyclic) bond motifs is 1. The lowest BCUT2D eigenvalue weighted by atomic mass is 10.1. The second-order valence-corrected chi connectivity index (χ2v) is 6.97. The Morgan fingerprint density at radius 2 is 1.55 bits per heavy atom. The fourth-order valence-corrected chi connectivity index (χ4v) is 3.39. The van der Waals surface area contributed by atoms with Crippen molar-refractivity contribution in [1.82, 2.24) is 9.80 Å². The number of imide groups is 1. The number of carbonyl (C=O) groups excluding carboxylic acids is 3. The van der Waals surface area contributed by atoms with Gasteiger partial charge in [-0.25, -0.2) is 0 Å². The van der Waals surface area contributed by atoms with Crippen LogP contribution in [-0.2, 0) is 17.9 Å². The molecule has 4 rings (SSSR count). The highest BCUT2D eigenvalue weighted by molar-refractivity contribution is 6.21. The maximum Gasteiger partial charge on any atom is 0.261 e. The predicted octanol–water partition coefficient (Wildman–Crippen LogP) is 3.40. The van der Waals surface area contributed by atoms with Crippen LogP contribution in [-0.4, -0.2) is 34.1 Å². The molecule has 1 aromatic carbocycles. The second-order valence-electron chi connectivity index (χ2n) is 6.97. The highest BCUT2D eigenvalue weighted by Crippen LogP contribution is 2.24. The Bertz CT molecular complexity index is 1000. The van der Waals surface area contributed by atoms with E-state index in [0.717, 1.165) is 10.5 Å². The van der Waals surface area contributed by atoms with E-state index in [0.29, 0.717) is 22.6 Å². The summed E-state index contributed by atoms with van der Waals surface area (Å²) in [4.78, 5) is 40.8. The third kappa shape index (κ3) is 3.85. The summed E-state index contributed by atoms with van der Waals surface area (Å²) < 4.78 is 10.7. The van der Waals surface area contributed by atoms with Crippen LogP contribution in [0.25, 0.3) is 0 Å². The van der Waals surface area contributed by atoms with Gasteiger partial charge in [-0.15, -0.1) is 0 Å². The number of carbonyl (C=O) groups is 3. The molecule has 7 nitrogen and oxygen atoms in total. The minimum atomic E-state index is -0.360. The molecule has 1 aliphatic rings. The zero-order valence-electron chi connectivity index (χ0n) is 16.0. The Morgan fingerprint density at radius 1 is 0.931 bits per heavy atom. The molecular formula is C22H20N2O5. The first-order valence-electron chi connectivity index (χ1n) is 9.32. The maximum atomic E-state index is 12.9. The molecular weight excluding hydrogens is 372 g/mol. The van der Waals surface area contributed by atoms with Crippen LogP contribution in [0.1, 0.15) is 44.2 Å². The van der Waals surface area contributed by atoms with E-state index >= 15 is 0 Å². The smallest absolute Gasteiger partial charge is 0.261 e. The topological polar surface area (TPSA) is 84.0 Å². The number of furan rings is 2. The van der Waals surface area contributed by atoms with Gasteiger partial charge in [-0.2, -0.15) is 0 Å². The summed E-state index contributed by atoms with van der Waals surface area (Å²) >= 11 is 0.